The van der Waals surface area contributed by atoms with Crippen LogP contribution in [0.25, 0.3) is 0 Å². The summed E-state index contributed by atoms with van der Waals surface area (Å²) in [5.41, 5.74) is 2.32. The van der Waals surface area contributed by atoms with Crippen molar-refractivity contribution in [3.8, 4) is 11.5 Å². The fraction of sp³-hybridized carbons (Fsp3) is 0.647. The molecule has 3 nitrogen and oxygen atoms in total. The van der Waals surface area contributed by atoms with Gasteiger partial charge in [-0.15, -0.1) is 0 Å². The molecule has 112 valence electrons. The van der Waals surface area contributed by atoms with Crippen molar-refractivity contribution in [2.24, 2.45) is 5.41 Å². The van der Waals surface area contributed by atoms with E-state index in [4.69, 9.17) is 4.74 Å². The number of rotatable bonds is 1. The molecule has 0 aromatic heterocycles. The van der Waals surface area contributed by atoms with E-state index in [1.165, 1.54) is 5.56 Å². The van der Waals surface area contributed by atoms with Crippen LogP contribution in [0.3, 0.4) is 0 Å². The molecule has 3 heteroatoms. The molecule has 2 rings (SSSR count). The fourth-order valence-corrected chi connectivity index (χ4v) is 3.06. The molecule has 20 heavy (non-hydrogen) atoms. The maximum Gasteiger partial charge on any atom is 0.160 e. The Balaban J connectivity index is 2.39. The zero-order chi connectivity index (χ0) is 14.9. The number of phenolic OH excluding ortho intramolecular Hbond substituents is 1. The summed E-state index contributed by atoms with van der Waals surface area (Å²) in [7, 11) is 1.58. The van der Waals surface area contributed by atoms with E-state index in [1.54, 1.807) is 13.2 Å². The molecule has 1 aromatic rings. The molecule has 0 amide bonds. The average molecular weight is 278 g/mol. The third-order valence-corrected chi connectivity index (χ3v) is 4.78. The maximum absolute atomic E-state index is 10.4. The van der Waals surface area contributed by atoms with Crippen LogP contribution in [0, 0.1) is 5.41 Å². The second kappa shape index (κ2) is 5.65. The van der Waals surface area contributed by atoms with Gasteiger partial charge in [-0.25, -0.2) is 0 Å². The molecule has 1 aromatic carbocycles. The zero-order valence-corrected chi connectivity index (χ0v) is 12.9. The minimum absolute atomic E-state index is 0.0531. The number of hydrogen-bond acceptors (Lipinski definition) is 3. The standard InChI is InChI=1S/C17H26O3/c1-11-7-8-17(2,3)16(19)6-5-12-9-14(18)15(20-4)10-13(11)12/h9-11,16,18-19H,5-8H2,1-4H3/t11?,16-/m0/s1. The largest absolute Gasteiger partial charge is 0.504 e. The van der Waals surface area contributed by atoms with Crippen molar-refractivity contribution in [3.05, 3.63) is 23.3 Å². The fourth-order valence-electron chi connectivity index (χ4n) is 3.06. The molecular weight excluding hydrogens is 252 g/mol. The molecule has 0 saturated carbocycles. The van der Waals surface area contributed by atoms with E-state index in [-0.39, 0.29) is 17.3 Å². The van der Waals surface area contributed by atoms with E-state index in [2.05, 4.69) is 20.8 Å². The molecule has 1 aliphatic rings. The van der Waals surface area contributed by atoms with Gasteiger partial charge in [-0.3, -0.25) is 0 Å². The van der Waals surface area contributed by atoms with Gasteiger partial charge < -0.3 is 14.9 Å². The smallest absolute Gasteiger partial charge is 0.160 e. The second-order valence-electron chi connectivity index (χ2n) is 6.71. The summed E-state index contributed by atoms with van der Waals surface area (Å²) in [6.45, 7) is 6.49. The quantitative estimate of drug-likeness (QED) is 0.825. The number of aliphatic hydroxyl groups is 1. The molecular formula is C17H26O3. The lowest BCUT2D eigenvalue weighted by atomic mass is 9.79. The predicted octanol–water partition coefficient (Wildman–Crippen LogP) is 3.62. The van der Waals surface area contributed by atoms with Gasteiger partial charge in [-0.2, -0.15) is 0 Å². The summed E-state index contributed by atoms with van der Waals surface area (Å²) in [5.74, 6) is 1.13. The summed E-state index contributed by atoms with van der Waals surface area (Å²) in [4.78, 5) is 0. The van der Waals surface area contributed by atoms with Gasteiger partial charge in [0.05, 0.1) is 13.2 Å². The first-order chi connectivity index (χ1) is 9.35. The number of hydrogen-bond donors (Lipinski definition) is 2. The van der Waals surface area contributed by atoms with E-state index in [9.17, 15) is 10.2 Å². The monoisotopic (exact) mass is 278 g/mol. The molecule has 1 aliphatic carbocycles. The van der Waals surface area contributed by atoms with Crippen molar-refractivity contribution in [2.75, 3.05) is 7.11 Å². The van der Waals surface area contributed by atoms with E-state index in [0.717, 1.165) is 31.2 Å². The van der Waals surface area contributed by atoms with Gasteiger partial charge in [0.15, 0.2) is 11.5 Å². The van der Waals surface area contributed by atoms with Crippen LogP contribution < -0.4 is 4.74 Å². The number of methoxy groups -OCH3 is 1. The van der Waals surface area contributed by atoms with Gasteiger partial charge in [0.2, 0.25) is 0 Å². The third-order valence-electron chi connectivity index (χ3n) is 4.78. The highest BCUT2D eigenvalue weighted by molar-refractivity contribution is 5.48. The van der Waals surface area contributed by atoms with E-state index < -0.39 is 0 Å². The van der Waals surface area contributed by atoms with Gasteiger partial charge in [0, 0.05) is 0 Å². The van der Waals surface area contributed by atoms with Crippen LogP contribution in [0.2, 0.25) is 0 Å². The number of phenols is 1. The summed E-state index contributed by atoms with van der Waals surface area (Å²) in [6.07, 6.45) is 3.26. The summed E-state index contributed by atoms with van der Waals surface area (Å²) >= 11 is 0. The molecule has 0 radical (unpaired) electrons. The van der Waals surface area contributed by atoms with Crippen molar-refractivity contribution in [3.63, 3.8) is 0 Å². The molecule has 0 spiro atoms. The van der Waals surface area contributed by atoms with Gasteiger partial charge in [-0.1, -0.05) is 20.8 Å². The number of aliphatic hydroxyl groups excluding tert-OH is 1. The lowest BCUT2D eigenvalue weighted by Gasteiger charge is -2.30. The van der Waals surface area contributed by atoms with Crippen molar-refractivity contribution in [1.29, 1.82) is 0 Å². The summed E-state index contributed by atoms with van der Waals surface area (Å²) in [5, 5.41) is 20.3. The molecule has 2 atom stereocenters. The van der Waals surface area contributed by atoms with Crippen LogP contribution in [0.4, 0.5) is 0 Å². The molecule has 0 heterocycles. The number of aromatic hydroxyl groups is 1. The van der Waals surface area contributed by atoms with Crippen molar-refractivity contribution in [1.82, 2.24) is 0 Å². The van der Waals surface area contributed by atoms with Crippen LogP contribution in [-0.4, -0.2) is 23.4 Å². The SMILES string of the molecule is COc1cc2c(cc1O)CC[C@H](O)C(C)(C)CCC2C. The van der Waals surface area contributed by atoms with E-state index in [1.807, 2.05) is 6.07 Å². The zero-order valence-electron chi connectivity index (χ0n) is 12.9. The number of fused-ring (bicyclic) bond motifs is 1. The maximum atomic E-state index is 10.4. The topological polar surface area (TPSA) is 49.7 Å². The summed E-state index contributed by atoms with van der Waals surface area (Å²) in [6, 6.07) is 3.76. The Kier molecular flexibility index (Phi) is 4.28. The van der Waals surface area contributed by atoms with Crippen LogP contribution >= 0.6 is 0 Å². The second-order valence-corrected chi connectivity index (χ2v) is 6.71. The minimum Gasteiger partial charge on any atom is -0.504 e. The van der Waals surface area contributed by atoms with Gasteiger partial charge in [0.1, 0.15) is 0 Å². The molecule has 1 unspecified atom stereocenters. The lowest BCUT2D eigenvalue weighted by Crippen LogP contribution is -2.29. The van der Waals surface area contributed by atoms with E-state index >= 15 is 0 Å². The average Bonchev–Trinajstić information content (AvgIpc) is 2.44. The highest BCUT2D eigenvalue weighted by Gasteiger charge is 2.30. The number of ether oxygens (including phenoxy) is 1. The first-order valence-corrected chi connectivity index (χ1v) is 7.43. The summed E-state index contributed by atoms with van der Waals surface area (Å²) < 4.78 is 5.23. The molecule has 0 aliphatic heterocycles. The normalized spacial score (nSPS) is 26.1. The van der Waals surface area contributed by atoms with Crippen LogP contribution in [-0.2, 0) is 6.42 Å². The Morgan fingerprint density at radius 1 is 1.25 bits per heavy atom. The van der Waals surface area contributed by atoms with Crippen molar-refractivity contribution < 1.29 is 14.9 Å². The van der Waals surface area contributed by atoms with Crippen molar-refractivity contribution >= 4 is 0 Å². The Labute approximate surface area is 121 Å². The Bertz CT molecular complexity index is 479. The number of aryl methyl sites for hydroxylation is 1. The highest BCUT2D eigenvalue weighted by atomic mass is 16.5. The van der Waals surface area contributed by atoms with Gasteiger partial charge in [-0.05, 0) is 60.3 Å². The Morgan fingerprint density at radius 2 is 1.95 bits per heavy atom. The van der Waals surface area contributed by atoms with E-state index in [0.29, 0.717) is 11.7 Å². The van der Waals surface area contributed by atoms with Crippen LogP contribution in [0.1, 0.15) is 57.1 Å². The molecule has 0 saturated heterocycles. The Morgan fingerprint density at radius 3 is 2.60 bits per heavy atom. The first kappa shape index (κ1) is 15.2. The van der Waals surface area contributed by atoms with Gasteiger partial charge in [0.25, 0.3) is 0 Å². The van der Waals surface area contributed by atoms with Crippen molar-refractivity contribution in [2.45, 2.75) is 58.5 Å². The van der Waals surface area contributed by atoms with Crippen LogP contribution in [0.5, 0.6) is 11.5 Å². The number of benzene rings is 1. The minimum atomic E-state index is -0.301. The first-order valence-electron chi connectivity index (χ1n) is 7.43. The predicted molar refractivity (Wildman–Crippen MR) is 80.4 cm³/mol. The Hall–Kier alpha value is -1.22. The lowest BCUT2D eigenvalue weighted by molar-refractivity contribution is 0.0362. The molecule has 0 bridgehead atoms. The van der Waals surface area contributed by atoms with Gasteiger partial charge >= 0.3 is 0 Å². The van der Waals surface area contributed by atoms with Crippen LogP contribution in [0.15, 0.2) is 12.1 Å². The third kappa shape index (κ3) is 2.93. The highest BCUT2D eigenvalue weighted by Crippen LogP contribution is 2.40. The molecule has 2 N–H and O–H groups in total. The molecule has 0 fully saturated rings.